The molecule has 0 radical (unpaired) electrons. The average molecular weight is 967 g/mol. The predicted octanol–water partition coefficient (Wildman–Crippen LogP) is 17.1. The Morgan fingerprint density at radius 1 is 0.524 bits per heavy atom. The van der Waals surface area contributed by atoms with Crippen molar-refractivity contribution in [1.29, 1.82) is 0 Å². The monoisotopic (exact) mass is 964 g/mol. The molecular formula is C58H82O2S2Zr-2. The molecule has 0 bridgehead atoms. The maximum Gasteiger partial charge on any atom is -0.0866 e. The maximum absolute atomic E-state index is 12.2. The Labute approximate surface area is 397 Å². The molecule has 2 nitrogen and oxygen atoms in total. The molecule has 4 aromatic rings. The fourth-order valence-corrected chi connectivity index (χ4v) is 39.4. The predicted molar refractivity (Wildman–Crippen MR) is 274 cm³/mol. The minimum atomic E-state index is -0.794. The molecule has 344 valence electrons. The summed E-state index contributed by atoms with van der Waals surface area (Å²) < 4.78 is 0. The van der Waals surface area contributed by atoms with E-state index in [0.717, 1.165) is 33.1 Å². The summed E-state index contributed by atoms with van der Waals surface area (Å²) in [5.41, 5.74) is 10.3. The molecule has 4 atom stereocenters. The van der Waals surface area contributed by atoms with Crippen molar-refractivity contribution in [3.05, 3.63) is 143 Å². The molecule has 8 rings (SSSR count). The van der Waals surface area contributed by atoms with E-state index in [1.165, 1.54) is 136 Å². The third-order valence-corrected chi connectivity index (χ3v) is 36.5. The Morgan fingerprint density at radius 3 is 1.16 bits per heavy atom. The van der Waals surface area contributed by atoms with E-state index in [1.54, 1.807) is 0 Å². The van der Waals surface area contributed by atoms with Crippen LogP contribution >= 0.6 is 14.2 Å². The Hall–Kier alpha value is -2.20. The van der Waals surface area contributed by atoms with Crippen LogP contribution in [0.4, 0.5) is 0 Å². The molecule has 0 spiro atoms. The Morgan fingerprint density at radius 2 is 0.857 bits per heavy atom. The Balaban J connectivity index is 0.000000399. The Bertz CT molecular complexity index is 2020. The summed E-state index contributed by atoms with van der Waals surface area (Å²) in [5, 5.41) is 26.0. The van der Waals surface area contributed by atoms with Crippen molar-refractivity contribution in [2.75, 3.05) is 0 Å². The number of phenols is 2. The fourth-order valence-electron chi connectivity index (χ4n) is 10.5. The molecule has 2 unspecified atom stereocenters. The minimum absolute atomic E-state index is 0.0658. The van der Waals surface area contributed by atoms with Crippen molar-refractivity contribution in [2.45, 2.75) is 202 Å². The largest absolute Gasteiger partial charge is 0.199 e. The van der Waals surface area contributed by atoms with Crippen LogP contribution in [-0.2, 0) is 52.3 Å². The van der Waals surface area contributed by atoms with Crippen LogP contribution in [-0.4, -0.2) is 20.7 Å². The molecule has 2 N–H and O–H groups in total. The third kappa shape index (κ3) is 13.2. The molecule has 3 aliphatic carbocycles. The van der Waals surface area contributed by atoms with Gasteiger partial charge in [0.25, 0.3) is 0 Å². The normalized spacial score (nSPS) is 23.2. The summed E-state index contributed by atoms with van der Waals surface area (Å²) in [7, 11) is 0.809. The number of rotatable bonds is 6. The van der Waals surface area contributed by atoms with Crippen molar-refractivity contribution in [2.24, 2.45) is 0 Å². The zero-order valence-electron chi connectivity index (χ0n) is 40.6. The number of fused-ring (bicyclic) bond motifs is 1. The number of hydrogen-bond acceptors (Lipinski definition) is 2. The van der Waals surface area contributed by atoms with Gasteiger partial charge in [0.15, 0.2) is 0 Å². The van der Waals surface area contributed by atoms with Crippen LogP contribution in [0.2, 0.25) is 0 Å². The van der Waals surface area contributed by atoms with Gasteiger partial charge >= 0.3 is 315 Å². The van der Waals surface area contributed by atoms with Crippen LogP contribution in [0.25, 0.3) is 0 Å². The first-order valence-corrected chi connectivity index (χ1v) is 33.4. The molecule has 5 heteroatoms. The topological polar surface area (TPSA) is 40.5 Å². The van der Waals surface area contributed by atoms with Crippen LogP contribution in [0.1, 0.15) is 203 Å². The maximum atomic E-state index is 12.2. The number of phenolic OH excluding ortho intramolecular Hbond substituents is 2. The minimum Gasteiger partial charge on any atom is -0.199 e. The second kappa shape index (κ2) is 22.1. The zero-order valence-corrected chi connectivity index (χ0v) is 44.7. The van der Waals surface area contributed by atoms with E-state index in [1.807, 2.05) is 60.7 Å². The van der Waals surface area contributed by atoms with Crippen LogP contribution < -0.4 is 0 Å². The van der Waals surface area contributed by atoms with Gasteiger partial charge in [-0.15, -0.1) is 24.3 Å². The fraction of sp³-hybridized carbons (Fsp3) is 0.552. The molecule has 63 heavy (non-hydrogen) atoms. The first-order chi connectivity index (χ1) is 29.9. The van der Waals surface area contributed by atoms with E-state index in [0.29, 0.717) is 25.7 Å². The molecule has 3 fully saturated rings. The van der Waals surface area contributed by atoms with Gasteiger partial charge in [-0.1, -0.05) is 12.1 Å². The van der Waals surface area contributed by atoms with Crippen molar-refractivity contribution < 1.29 is 29.4 Å². The van der Waals surface area contributed by atoms with Crippen LogP contribution in [0.15, 0.2) is 84.9 Å². The first kappa shape index (κ1) is 50.2. The van der Waals surface area contributed by atoms with Gasteiger partial charge < -0.3 is 0 Å². The molecule has 1 heterocycles. The van der Waals surface area contributed by atoms with Gasteiger partial charge in [-0.3, -0.25) is 0 Å². The first-order valence-electron chi connectivity index (χ1n) is 24.5. The number of benzene rings is 4. The van der Waals surface area contributed by atoms with E-state index in [4.69, 9.17) is 0 Å². The Kier molecular flexibility index (Phi) is 17.6. The van der Waals surface area contributed by atoms with Gasteiger partial charge in [0.05, 0.1) is 0 Å². The number of aromatic hydroxyl groups is 2. The van der Waals surface area contributed by atoms with Crippen LogP contribution in [0.5, 0.6) is 11.5 Å². The molecule has 1 aliphatic heterocycles. The molecular weight excluding hydrogens is 884 g/mol. The van der Waals surface area contributed by atoms with Crippen LogP contribution in [0.3, 0.4) is 0 Å². The standard InChI is InChI=1S/C44H68O2S2.2C7H7.Zr/c1-41(2,3)33-25-31(39(45)35(27-33)43(7)21-15-11-16-22-43)29-47-37-19-13-9-10-14-20-38(37)48-30-32-26-34(42(4,5)6)28-36(40(32)46)44(8)23-17-12-18-24-44;2*1-7-5-3-2-4-6-7;/h25-28,37-38,45-46H,9-24,29-30H2,1-8H3;2*2-6H,1H2;/q;2*-1;/t37-,38?;;;/m0.../s1. The molecule has 4 aliphatic rings. The molecule has 4 aromatic carbocycles. The van der Waals surface area contributed by atoms with Crippen molar-refractivity contribution in [3.8, 4) is 11.5 Å². The summed E-state index contributed by atoms with van der Waals surface area (Å²) in [6, 6.07) is 29.4. The van der Waals surface area contributed by atoms with E-state index >= 15 is 0 Å². The summed E-state index contributed by atoms with van der Waals surface area (Å²) in [6.45, 7) is 26.4. The van der Waals surface area contributed by atoms with Crippen LogP contribution in [0, 0.1) is 13.8 Å². The van der Waals surface area contributed by atoms with Gasteiger partial charge in [-0.05, 0) is 0 Å². The second-order valence-electron chi connectivity index (χ2n) is 22.1. The van der Waals surface area contributed by atoms with Gasteiger partial charge in [0.1, 0.15) is 0 Å². The summed E-state index contributed by atoms with van der Waals surface area (Å²) in [6.07, 6.45) is 20.9. The second-order valence-corrected chi connectivity index (χ2v) is 37.7. The van der Waals surface area contributed by atoms with E-state index in [9.17, 15) is 10.2 Å². The van der Waals surface area contributed by atoms with Gasteiger partial charge in [-0.25, -0.2) is 0 Å². The van der Waals surface area contributed by atoms with Crippen molar-refractivity contribution >= 4 is 14.2 Å². The number of hydrogen-bond donors (Lipinski definition) is 2. The summed E-state index contributed by atoms with van der Waals surface area (Å²) in [5.74, 6) is 3.51. The summed E-state index contributed by atoms with van der Waals surface area (Å²) >= 11 is -0.794. The molecule has 0 aromatic heterocycles. The van der Waals surface area contributed by atoms with E-state index in [-0.39, 0.29) is 21.7 Å². The molecule has 0 saturated heterocycles. The quantitative estimate of drug-likeness (QED) is 0.189. The summed E-state index contributed by atoms with van der Waals surface area (Å²) in [4.78, 5) is 0. The molecule has 3 saturated carbocycles. The van der Waals surface area contributed by atoms with Crippen molar-refractivity contribution in [1.82, 2.24) is 0 Å². The third-order valence-electron chi connectivity index (χ3n) is 14.7. The van der Waals surface area contributed by atoms with Gasteiger partial charge in [0, 0.05) is 0 Å². The smallest absolute Gasteiger partial charge is 0.0866 e. The van der Waals surface area contributed by atoms with E-state index in [2.05, 4.69) is 93.5 Å². The molecule has 0 amide bonds. The van der Waals surface area contributed by atoms with Gasteiger partial charge in [-0.2, -0.15) is 49.2 Å². The SMILES string of the molecule is CC(C)(C)c1cc(C[S]2=[Zr]=[S@@](Cc3cc(C(C)(C)C)cc(C4(C)CCCCC4)c3O)C3CCCCCC[C@@H]32)c(O)c(C2(C)CCCCC2)c1.[CH2-]c1ccccc1.[CH2-]c1ccccc1. The van der Waals surface area contributed by atoms with Crippen molar-refractivity contribution in [3.63, 3.8) is 0 Å². The zero-order chi connectivity index (χ0) is 45.4. The van der Waals surface area contributed by atoms with E-state index < -0.39 is 19.2 Å². The van der Waals surface area contributed by atoms with Gasteiger partial charge in [0.2, 0.25) is 0 Å². The average Bonchev–Trinajstić information content (AvgIpc) is 3.53.